The van der Waals surface area contributed by atoms with Crippen LogP contribution in [-0.4, -0.2) is 48.9 Å². The van der Waals surface area contributed by atoms with Gasteiger partial charge in [0.05, 0.1) is 7.11 Å². The first-order valence-corrected chi connectivity index (χ1v) is 12.8. The van der Waals surface area contributed by atoms with E-state index in [1.807, 2.05) is 0 Å². The average molecular weight is 482 g/mol. The maximum absolute atomic E-state index is 10.9. The van der Waals surface area contributed by atoms with Gasteiger partial charge in [-0.15, -0.1) is 0 Å². The second-order valence-electron chi connectivity index (χ2n) is 5.02. The first-order valence-electron chi connectivity index (χ1n) is 7.10. The molecule has 0 aromatic heterocycles. The van der Waals surface area contributed by atoms with E-state index in [9.17, 15) is 22.1 Å². The zero-order valence-electron chi connectivity index (χ0n) is 14.2. The van der Waals surface area contributed by atoms with Gasteiger partial charge in [0.1, 0.15) is 10.6 Å². The number of benzene rings is 2. The minimum atomic E-state index is -5.09. The van der Waals surface area contributed by atoms with Crippen molar-refractivity contribution in [2.75, 3.05) is 12.4 Å². The van der Waals surface area contributed by atoms with E-state index >= 15 is 0 Å². The fraction of sp³-hybridized carbons (Fsp3) is 0.133. The van der Waals surface area contributed by atoms with Gasteiger partial charge in [0.15, 0.2) is 0 Å². The van der Waals surface area contributed by atoms with Crippen molar-refractivity contribution in [2.45, 2.75) is 11.8 Å². The summed E-state index contributed by atoms with van der Waals surface area (Å²) in [5.41, 5.74) is 0.285. The summed E-state index contributed by atoms with van der Waals surface area (Å²) < 4.78 is 54.8. The van der Waals surface area contributed by atoms with E-state index < -0.39 is 33.3 Å². The van der Waals surface area contributed by atoms with Crippen LogP contribution in [0.3, 0.4) is 0 Å². The second-order valence-corrected chi connectivity index (χ2v) is 10.8. The summed E-state index contributed by atoms with van der Waals surface area (Å²) in [6.07, 6.45) is 0. The largest absolute Gasteiger partial charge is 0.495 e. The molecule has 0 aliphatic heterocycles. The molecule has 0 heterocycles. The molecule has 0 aliphatic rings. The van der Waals surface area contributed by atoms with Gasteiger partial charge < -0.3 is 4.74 Å². The molecule has 1 amide bonds. The number of aromatic hydroxyl groups is 1. The molecule has 2 rings (SSSR count). The summed E-state index contributed by atoms with van der Waals surface area (Å²) in [7, 11) is 2.83. The second kappa shape index (κ2) is 9.29. The Morgan fingerprint density at radius 2 is 1.78 bits per heavy atom. The van der Waals surface area contributed by atoms with Crippen molar-refractivity contribution in [2.24, 2.45) is 0 Å². The van der Waals surface area contributed by atoms with Crippen LogP contribution in [0, 0.1) is 0 Å². The number of hydrogen-bond acceptors (Lipinski definition) is 6. The number of phenolic OH excluding ortho intramolecular Hbond substituents is 1. The van der Waals surface area contributed by atoms with Gasteiger partial charge >= 0.3 is 88.1 Å². The van der Waals surface area contributed by atoms with E-state index in [0.717, 1.165) is 12.1 Å². The SMILES string of the molecule is CC(=O)Nc1ccc([As](=O)(O)O)c(O)c1.COc1ccccc1S(=O)(=O)Cl. The van der Waals surface area contributed by atoms with Gasteiger partial charge in [-0.3, -0.25) is 0 Å². The molecule has 0 saturated carbocycles. The quantitative estimate of drug-likeness (QED) is 0.365. The molecule has 4 N–H and O–H groups in total. The van der Waals surface area contributed by atoms with E-state index in [4.69, 9.17) is 23.6 Å². The number of amides is 1. The summed E-state index contributed by atoms with van der Waals surface area (Å²) in [6, 6.07) is 9.69. The van der Waals surface area contributed by atoms with E-state index in [2.05, 4.69) is 5.32 Å². The van der Waals surface area contributed by atoms with E-state index in [1.54, 1.807) is 12.1 Å². The monoisotopic (exact) mass is 481 g/mol. The molecular formula is C15H17AsClNO8S. The number of ether oxygens (including phenoxy) is 1. The van der Waals surface area contributed by atoms with Gasteiger partial charge in [-0.1, -0.05) is 12.1 Å². The third-order valence-corrected chi connectivity index (χ3v) is 6.41. The molecule has 0 spiro atoms. The molecule has 0 atom stereocenters. The predicted molar refractivity (Wildman–Crippen MR) is 99.0 cm³/mol. The van der Waals surface area contributed by atoms with Gasteiger partial charge in [0.2, 0.25) is 0 Å². The van der Waals surface area contributed by atoms with Crippen LogP contribution >= 0.6 is 10.7 Å². The number of methoxy groups -OCH3 is 1. The van der Waals surface area contributed by atoms with Gasteiger partial charge in [-0.05, 0) is 12.1 Å². The zero-order valence-corrected chi connectivity index (χ0v) is 17.6. The van der Waals surface area contributed by atoms with Crippen molar-refractivity contribution in [3.05, 3.63) is 42.5 Å². The minimum Gasteiger partial charge on any atom is -0.495 e. The first-order chi connectivity index (χ1) is 12.4. The summed E-state index contributed by atoms with van der Waals surface area (Å²) in [5.74, 6) is -0.593. The average Bonchev–Trinajstić information content (AvgIpc) is 2.53. The Bertz CT molecular complexity index is 974. The van der Waals surface area contributed by atoms with Crippen LogP contribution in [0.15, 0.2) is 47.4 Å². The topological polar surface area (TPSA) is 150 Å². The third kappa shape index (κ3) is 7.28. The fourth-order valence-corrected chi connectivity index (χ4v) is 4.21. The molecule has 27 heavy (non-hydrogen) atoms. The smallest absolute Gasteiger partial charge is 0.264 e. The molecule has 148 valence electrons. The number of anilines is 1. The van der Waals surface area contributed by atoms with Gasteiger partial charge in [-0.2, -0.15) is 0 Å². The Labute approximate surface area is 163 Å². The van der Waals surface area contributed by atoms with Crippen LogP contribution in [0.1, 0.15) is 6.92 Å². The molecule has 0 fully saturated rings. The standard InChI is InChI=1S/C8H10AsNO5.C7H7ClO3S/c1-5(11)10-6-2-3-7(8(12)4-6)9(13,14)15;1-11-6-4-2-3-5-7(6)12(8,9)10/h2-4,12H,1H3,(H,10,11)(H2,13,14,15);2-5H,1H3. The number of halogens is 1. The van der Waals surface area contributed by atoms with Crippen LogP contribution in [-0.2, 0) is 17.6 Å². The molecule has 2 aromatic carbocycles. The molecule has 0 radical (unpaired) electrons. The minimum absolute atomic E-state index is 0.00540. The van der Waals surface area contributed by atoms with Crippen LogP contribution in [0.2, 0.25) is 0 Å². The van der Waals surface area contributed by atoms with Crippen LogP contribution in [0.4, 0.5) is 5.69 Å². The number of para-hydroxylation sites is 1. The Balaban J connectivity index is 0.000000277. The van der Waals surface area contributed by atoms with Crippen LogP contribution < -0.4 is 14.4 Å². The Hall–Kier alpha value is -1.97. The maximum Gasteiger partial charge on any atom is 0.264 e. The van der Waals surface area contributed by atoms with E-state index in [1.165, 1.54) is 32.2 Å². The van der Waals surface area contributed by atoms with Crippen molar-refractivity contribution in [3.63, 3.8) is 0 Å². The maximum atomic E-state index is 10.9. The third-order valence-electron chi connectivity index (χ3n) is 2.94. The predicted octanol–water partition coefficient (Wildman–Crippen LogP) is 0.534. The number of nitrogens with one attached hydrogen (secondary N) is 1. The first kappa shape index (κ1) is 23.1. The Morgan fingerprint density at radius 1 is 1.19 bits per heavy atom. The number of rotatable bonds is 4. The zero-order chi connectivity index (χ0) is 20.8. The molecule has 0 bridgehead atoms. The molecule has 9 nitrogen and oxygen atoms in total. The molecule has 0 saturated heterocycles. The summed E-state index contributed by atoms with van der Waals surface area (Å²) in [5, 5.41) is 11.7. The molecular weight excluding hydrogens is 465 g/mol. The van der Waals surface area contributed by atoms with Gasteiger partial charge in [-0.25, -0.2) is 8.42 Å². The van der Waals surface area contributed by atoms with Crippen molar-refractivity contribution in [3.8, 4) is 11.5 Å². The summed E-state index contributed by atoms with van der Waals surface area (Å²) >= 11 is -5.09. The molecule has 0 aliphatic carbocycles. The number of hydrogen-bond donors (Lipinski definition) is 4. The summed E-state index contributed by atoms with van der Waals surface area (Å²) in [6.45, 7) is 1.29. The Morgan fingerprint density at radius 3 is 2.19 bits per heavy atom. The Kier molecular flexibility index (Phi) is 7.94. The number of carbonyl (C=O) groups is 1. The molecule has 2 aromatic rings. The number of carbonyl (C=O) groups excluding carboxylic acids is 1. The fourth-order valence-electron chi connectivity index (χ4n) is 1.87. The molecule has 12 heteroatoms. The van der Waals surface area contributed by atoms with Crippen molar-refractivity contribution >= 4 is 49.9 Å². The summed E-state index contributed by atoms with van der Waals surface area (Å²) in [4.78, 5) is 10.7. The van der Waals surface area contributed by atoms with Crippen LogP contribution in [0.5, 0.6) is 11.5 Å². The molecule has 0 unspecified atom stereocenters. The van der Waals surface area contributed by atoms with Crippen molar-refractivity contribution < 1.29 is 35.0 Å². The van der Waals surface area contributed by atoms with Crippen LogP contribution in [0.25, 0.3) is 0 Å². The van der Waals surface area contributed by atoms with Crippen molar-refractivity contribution in [1.82, 2.24) is 0 Å². The van der Waals surface area contributed by atoms with Gasteiger partial charge in [0, 0.05) is 10.7 Å². The number of phenols is 1. The van der Waals surface area contributed by atoms with Gasteiger partial charge in [0.25, 0.3) is 9.05 Å². The van der Waals surface area contributed by atoms with E-state index in [0.29, 0.717) is 0 Å². The van der Waals surface area contributed by atoms with E-state index in [-0.39, 0.29) is 22.2 Å². The van der Waals surface area contributed by atoms with Crippen molar-refractivity contribution in [1.29, 1.82) is 0 Å². The normalized spacial score (nSPS) is 11.1.